The van der Waals surface area contributed by atoms with Crippen molar-refractivity contribution in [3.63, 3.8) is 0 Å². The standard InChI is InChI=1S/C15H20N2O4/c1-16(12-3-2-4-13(18)10-12)15(21)17-7-5-11(6-8-17)9-14(19)20/h2-4,10-11,18H,5-9H2,1H3,(H,19,20). The number of carbonyl (C=O) groups is 2. The monoisotopic (exact) mass is 292 g/mol. The summed E-state index contributed by atoms with van der Waals surface area (Å²) in [5.41, 5.74) is 0.632. The number of rotatable bonds is 3. The smallest absolute Gasteiger partial charge is 0.324 e. The van der Waals surface area contributed by atoms with E-state index in [9.17, 15) is 14.7 Å². The molecule has 0 bridgehead atoms. The van der Waals surface area contributed by atoms with Crippen LogP contribution >= 0.6 is 0 Å². The lowest BCUT2D eigenvalue weighted by Gasteiger charge is -2.34. The maximum Gasteiger partial charge on any atom is 0.324 e. The average molecular weight is 292 g/mol. The van der Waals surface area contributed by atoms with Crippen LogP contribution in [0.1, 0.15) is 19.3 Å². The topological polar surface area (TPSA) is 81.1 Å². The summed E-state index contributed by atoms with van der Waals surface area (Å²) in [4.78, 5) is 26.3. The Hall–Kier alpha value is -2.24. The number of anilines is 1. The number of carbonyl (C=O) groups excluding carboxylic acids is 1. The minimum Gasteiger partial charge on any atom is -0.508 e. The van der Waals surface area contributed by atoms with Crippen molar-refractivity contribution in [2.24, 2.45) is 5.92 Å². The van der Waals surface area contributed by atoms with E-state index in [0.29, 0.717) is 31.6 Å². The summed E-state index contributed by atoms with van der Waals surface area (Å²) in [5, 5.41) is 18.3. The molecule has 0 atom stereocenters. The summed E-state index contributed by atoms with van der Waals surface area (Å²) >= 11 is 0. The Bertz CT molecular complexity index is 524. The molecule has 0 aromatic heterocycles. The lowest BCUT2D eigenvalue weighted by atomic mass is 9.94. The van der Waals surface area contributed by atoms with Gasteiger partial charge in [-0.25, -0.2) is 4.79 Å². The van der Waals surface area contributed by atoms with Crippen LogP contribution in [-0.2, 0) is 4.79 Å². The first-order chi connectivity index (χ1) is 9.97. The van der Waals surface area contributed by atoms with Gasteiger partial charge in [-0.05, 0) is 30.9 Å². The van der Waals surface area contributed by atoms with Crippen LogP contribution in [0.3, 0.4) is 0 Å². The largest absolute Gasteiger partial charge is 0.508 e. The van der Waals surface area contributed by atoms with Crippen LogP contribution < -0.4 is 4.90 Å². The number of aliphatic carboxylic acids is 1. The summed E-state index contributed by atoms with van der Waals surface area (Å²) < 4.78 is 0. The van der Waals surface area contributed by atoms with E-state index in [0.717, 1.165) is 0 Å². The minimum atomic E-state index is -0.781. The van der Waals surface area contributed by atoms with E-state index in [4.69, 9.17) is 5.11 Å². The molecule has 2 rings (SSSR count). The number of hydrogen-bond acceptors (Lipinski definition) is 3. The number of amides is 2. The van der Waals surface area contributed by atoms with Gasteiger partial charge in [0.25, 0.3) is 0 Å². The number of phenolic OH excluding ortho intramolecular Hbond substituents is 1. The zero-order chi connectivity index (χ0) is 15.4. The number of hydrogen-bond donors (Lipinski definition) is 2. The van der Waals surface area contributed by atoms with Crippen LogP contribution in [0.15, 0.2) is 24.3 Å². The number of likely N-dealkylation sites (tertiary alicyclic amines) is 1. The second-order valence-corrected chi connectivity index (χ2v) is 5.39. The number of piperidine rings is 1. The molecule has 1 heterocycles. The lowest BCUT2D eigenvalue weighted by Crippen LogP contribution is -2.45. The van der Waals surface area contributed by atoms with Gasteiger partial charge in [0.2, 0.25) is 0 Å². The summed E-state index contributed by atoms with van der Waals surface area (Å²) in [7, 11) is 1.67. The molecule has 2 N–H and O–H groups in total. The highest BCUT2D eigenvalue weighted by atomic mass is 16.4. The van der Waals surface area contributed by atoms with Crippen LogP contribution in [0.2, 0.25) is 0 Å². The van der Waals surface area contributed by atoms with Crippen molar-refractivity contribution < 1.29 is 19.8 Å². The fourth-order valence-electron chi connectivity index (χ4n) is 2.60. The molecule has 0 spiro atoms. The predicted molar refractivity (Wildman–Crippen MR) is 78.5 cm³/mol. The highest BCUT2D eigenvalue weighted by Gasteiger charge is 2.26. The van der Waals surface area contributed by atoms with Gasteiger partial charge in [-0.1, -0.05) is 6.07 Å². The third-order valence-electron chi connectivity index (χ3n) is 3.85. The summed E-state index contributed by atoms with van der Waals surface area (Å²) in [6, 6.07) is 6.41. The third-order valence-corrected chi connectivity index (χ3v) is 3.85. The van der Waals surface area contributed by atoms with Crippen molar-refractivity contribution in [2.75, 3.05) is 25.0 Å². The second kappa shape index (κ2) is 6.47. The number of carboxylic acid groups (broad SMARTS) is 1. The number of phenols is 1. The zero-order valence-electron chi connectivity index (χ0n) is 12.0. The van der Waals surface area contributed by atoms with Gasteiger partial charge in [-0.15, -0.1) is 0 Å². The molecule has 114 valence electrons. The molecule has 21 heavy (non-hydrogen) atoms. The van der Waals surface area contributed by atoms with Gasteiger partial charge < -0.3 is 15.1 Å². The molecule has 0 saturated carbocycles. The molecule has 6 nitrogen and oxygen atoms in total. The van der Waals surface area contributed by atoms with Crippen LogP contribution in [0.25, 0.3) is 0 Å². The fraction of sp³-hybridized carbons (Fsp3) is 0.467. The molecular formula is C15H20N2O4. The maximum atomic E-state index is 12.4. The van der Waals surface area contributed by atoms with Gasteiger partial charge in [0.15, 0.2) is 0 Å². The third kappa shape index (κ3) is 3.87. The molecule has 1 aromatic carbocycles. The molecule has 0 radical (unpaired) electrons. The quantitative estimate of drug-likeness (QED) is 0.894. The highest BCUT2D eigenvalue weighted by Crippen LogP contribution is 2.24. The molecule has 2 amide bonds. The Kier molecular flexibility index (Phi) is 4.67. The predicted octanol–water partition coefficient (Wildman–Crippen LogP) is 2.14. The summed E-state index contributed by atoms with van der Waals surface area (Å²) in [6.07, 6.45) is 1.60. The van der Waals surface area contributed by atoms with Crippen molar-refractivity contribution in [2.45, 2.75) is 19.3 Å². The van der Waals surface area contributed by atoms with E-state index in [1.54, 1.807) is 30.1 Å². The molecule has 1 saturated heterocycles. The average Bonchev–Trinajstić information content (AvgIpc) is 2.46. The number of urea groups is 1. The van der Waals surface area contributed by atoms with Gasteiger partial charge in [-0.2, -0.15) is 0 Å². The molecule has 1 fully saturated rings. The Morgan fingerprint density at radius 1 is 1.33 bits per heavy atom. The number of nitrogens with zero attached hydrogens (tertiary/aromatic N) is 2. The molecule has 0 aliphatic carbocycles. The molecular weight excluding hydrogens is 272 g/mol. The SMILES string of the molecule is CN(C(=O)N1CCC(CC(=O)O)CC1)c1cccc(O)c1. The van der Waals surface area contributed by atoms with Crippen molar-refractivity contribution in [1.82, 2.24) is 4.90 Å². The highest BCUT2D eigenvalue weighted by molar-refractivity contribution is 5.91. The van der Waals surface area contributed by atoms with E-state index >= 15 is 0 Å². The summed E-state index contributed by atoms with van der Waals surface area (Å²) in [5.74, 6) is -0.512. The van der Waals surface area contributed by atoms with Gasteiger partial charge in [0.1, 0.15) is 5.75 Å². The van der Waals surface area contributed by atoms with Crippen LogP contribution in [0.4, 0.5) is 10.5 Å². The first-order valence-electron chi connectivity index (χ1n) is 7.01. The van der Waals surface area contributed by atoms with Gasteiger partial charge in [-0.3, -0.25) is 9.69 Å². The maximum absolute atomic E-state index is 12.4. The normalized spacial score (nSPS) is 15.8. The first-order valence-corrected chi connectivity index (χ1v) is 7.01. The van der Waals surface area contributed by atoms with Gasteiger partial charge >= 0.3 is 12.0 Å². The van der Waals surface area contributed by atoms with Crippen molar-refractivity contribution >= 4 is 17.7 Å². The molecule has 1 aliphatic heterocycles. The molecule has 0 unspecified atom stereocenters. The minimum absolute atomic E-state index is 0.118. The van der Waals surface area contributed by atoms with Gasteiger partial charge in [0.05, 0.1) is 0 Å². The number of carboxylic acids is 1. The number of aromatic hydroxyl groups is 1. The van der Waals surface area contributed by atoms with Crippen molar-refractivity contribution in [1.29, 1.82) is 0 Å². The second-order valence-electron chi connectivity index (χ2n) is 5.39. The van der Waals surface area contributed by atoms with Crippen molar-refractivity contribution in [3.05, 3.63) is 24.3 Å². The fourth-order valence-corrected chi connectivity index (χ4v) is 2.60. The van der Waals surface area contributed by atoms with Crippen LogP contribution in [-0.4, -0.2) is 47.3 Å². The lowest BCUT2D eigenvalue weighted by molar-refractivity contribution is -0.138. The Morgan fingerprint density at radius 2 is 2.00 bits per heavy atom. The Balaban J connectivity index is 1.94. The first kappa shape index (κ1) is 15.2. The molecule has 1 aromatic rings. The van der Waals surface area contributed by atoms with Crippen LogP contribution in [0.5, 0.6) is 5.75 Å². The van der Waals surface area contributed by atoms with E-state index in [2.05, 4.69) is 0 Å². The van der Waals surface area contributed by atoms with E-state index in [1.807, 2.05) is 0 Å². The summed E-state index contributed by atoms with van der Waals surface area (Å²) in [6.45, 7) is 1.14. The van der Waals surface area contributed by atoms with E-state index < -0.39 is 5.97 Å². The van der Waals surface area contributed by atoms with E-state index in [1.165, 1.54) is 11.0 Å². The van der Waals surface area contributed by atoms with Crippen molar-refractivity contribution in [3.8, 4) is 5.75 Å². The zero-order valence-corrected chi connectivity index (χ0v) is 12.0. The Morgan fingerprint density at radius 3 is 2.57 bits per heavy atom. The Labute approximate surface area is 123 Å². The van der Waals surface area contributed by atoms with E-state index in [-0.39, 0.29) is 24.1 Å². The van der Waals surface area contributed by atoms with Crippen LogP contribution in [0, 0.1) is 5.92 Å². The molecule has 6 heteroatoms. The molecule has 1 aliphatic rings. The van der Waals surface area contributed by atoms with Gasteiger partial charge in [0, 0.05) is 38.3 Å². The number of benzene rings is 1.